The van der Waals surface area contributed by atoms with Gasteiger partial charge in [0, 0.05) is 0 Å². The molecule has 0 radical (unpaired) electrons. The van der Waals surface area contributed by atoms with Crippen LogP contribution in [0.15, 0.2) is 54.1 Å². The molecule has 3 amide bonds. The highest BCUT2D eigenvalue weighted by Gasteiger charge is 2.60. The average molecular weight is 499 g/mol. The van der Waals surface area contributed by atoms with Gasteiger partial charge < -0.3 is 10.1 Å². The molecule has 7 nitrogen and oxygen atoms in total. The molecule has 1 aliphatic heterocycles. The molecule has 0 spiro atoms. The normalized spacial score (nSPS) is 24.8. The molecule has 0 unspecified atom stereocenters. The van der Waals surface area contributed by atoms with E-state index >= 15 is 0 Å². The lowest BCUT2D eigenvalue weighted by molar-refractivity contribution is -0.123. The summed E-state index contributed by atoms with van der Waals surface area (Å²) in [5.41, 5.74) is 1.92. The number of halogens is 2. The molecular formula is C25H20Cl2N2O5. The van der Waals surface area contributed by atoms with Gasteiger partial charge in [0.05, 0.1) is 38.8 Å². The molecule has 2 aromatic rings. The van der Waals surface area contributed by atoms with Crippen LogP contribution in [0.2, 0.25) is 10.0 Å². The van der Waals surface area contributed by atoms with Crippen LogP contribution in [0.25, 0.3) is 0 Å². The van der Waals surface area contributed by atoms with Crippen molar-refractivity contribution in [3.8, 4) is 0 Å². The summed E-state index contributed by atoms with van der Waals surface area (Å²) in [6.45, 7) is 1.46. The Balaban J connectivity index is 1.26. The molecule has 2 fully saturated rings. The number of anilines is 2. The van der Waals surface area contributed by atoms with Crippen LogP contribution >= 0.6 is 23.2 Å². The zero-order chi connectivity index (χ0) is 24.1. The van der Waals surface area contributed by atoms with E-state index in [1.165, 1.54) is 22.6 Å². The second-order valence-electron chi connectivity index (χ2n) is 8.76. The Morgan fingerprint density at radius 2 is 1.82 bits per heavy atom. The molecule has 2 bridgehead atoms. The molecule has 3 aliphatic rings. The minimum atomic E-state index is -0.758. The number of amides is 3. The van der Waals surface area contributed by atoms with Crippen molar-refractivity contribution in [2.45, 2.75) is 13.3 Å². The number of nitrogens with one attached hydrogen (secondary N) is 1. The Morgan fingerprint density at radius 1 is 1.09 bits per heavy atom. The van der Waals surface area contributed by atoms with Crippen molar-refractivity contribution in [3.05, 3.63) is 69.7 Å². The van der Waals surface area contributed by atoms with Gasteiger partial charge in [-0.05, 0) is 55.5 Å². The van der Waals surface area contributed by atoms with Gasteiger partial charge in [0.1, 0.15) is 0 Å². The van der Waals surface area contributed by atoms with Crippen molar-refractivity contribution in [2.24, 2.45) is 23.7 Å². The molecule has 2 aromatic carbocycles. The summed E-state index contributed by atoms with van der Waals surface area (Å²) in [7, 11) is 0. The fourth-order valence-electron chi connectivity index (χ4n) is 5.30. The summed E-state index contributed by atoms with van der Waals surface area (Å²) in [6.07, 6.45) is 2.96. The number of fused-ring (bicyclic) bond motifs is 5. The van der Waals surface area contributed by atoms with Crippen molar-refractivity contribution in [2.75, 3.05) is 16.8 Å². The smallest absolute Gasteiger partial charge is 0.338 e. The van der Waals surface area contributed by atoms with Gasteiger partial charge in [-0.2, -0.15) is 0 Å². The summed E-state index contributed by atoms with van der Waals surface area (Å²) in [6, 6.07) is 10.9. The molecule has 9 heteroatoms. The standard InChI is InChI=1S/C25H20Cl2N2O5/c1-12-8-14-10-16(12)21-20(14)23(31)29(24(21)32)15-5-2-4-13(9-15)25(33)34-11-19(30)28-18-7-3-6-17(26)22(18)27/h2-9,14,16,20-21H,10-11H2,1H3,(H,28,30)/t14-,16+,20-,21-/m0/s1. The fraction of sp³-hybridized carbons (Fsp3) is 0.280. The number of hydrogen-bond acceptors (Lipinski definition) is 5. The predicted octanol–water partition coefficient (Wildman–Crippen LogP) is 4.49. The van der Waals surface area contributed by atoms with Crippen LogP contribution in [0, 0.1) is 23.7 Å². The lowest BCUT2D eigenvalue weighted by Gasteiger charge is -2.19. The number of esters is 1. The molecule has 2 aliphatic carbocycles. The van der Waals surface area contributed by atoms with Gasteiger partial charge in [0.2, 0.25) is 11.8 Å². The van der Waals surface area contributed by atoms with Gasteiger partial charge >= 0.3 is 5.97 Å². The number of benzene rings is 2. The highest BCUT2D eigenvalue weighted by molar-refractivity contribution is 6.44. The van der Waals surface area contributed by atoms with Crippen LogP contribution in [0.5, 0.6) is 0 Å². The molecule has 1 heterocycles. The number of carbonyl (C=O) groups is 4. The van der Waals surface area contributed by atoms with Crippen molar-refractivity contribution in [1.82, 2.24) is 0 Å². The SMILES string of the molecule is CC1=C[C@H]2C[C@H]1[C@@H]1C(=O)N(c3cccc(C(=O)OCC(=O)Nc4cccc(Cl)c4Cl)c3)C(=O)[C@H]12. The summed E-state index contributed by atoms with van der Waals surface area (Å²) in [4.78, 5) is 52.2. The summed E-state index contributed by atoms with van der Waals surface area (Å²) >= 11 is 12.0. The number of imide groups is 1. The first-order valence-corrected chi connectivity index (χ1v) is 11.6. The van der Waals surface area contributed by atoms with Crippen molar-refractivity contribution >= 4 is 58.3 Å². The van der Waals surface area contributed by atoms with E-state index in [-0.39, 0.29) is 51.1 Å². The van der Waals surface area contributed by atoms with Gasteiger partial charge in [-0.15, -0.1) is 0 Å². The van der Waals surface area contributed by atoms with E-state index in [1.807, 2.05) is 6.92 Å². The monoisotopic (exact) mass is 498 g/mol. The fourth-order valence-corrected chi connectivity index (χ4v) is 5.65. The molecule has 1 saturated carbocycles. The minimum absolute atomic E-state index is 0.0936. The summed E-state index contributed by atoms with van der Waals surface area (Å²) in [5, 5.41) is 2.99. The van der Waals surface area contributed by atoms with Crippen LogP contribution < -0.4 is 10.2 Å². The number of rotatable bonds is 5. The lowest BCUT2D eigenvalue weighted by Crippen LogP contribution is -2.33. The van der Waals surface area contributed by atoms with Gasteiger partial charge in [-0.3, -0.25) is 14.4 Å². The molecule has 5 rings (SSSR count). The zero-order valence-corrected chi connectivity index (χ0v) is 19.6. The number of hydrogen-bond donors (Lipinski definition) is 1. The topological polar surface area (TPSA) is 92.8 Å². The van der Waals surface area contributed by atoms with E-state index < -0.39 is 18.5 Å². The highest BCUT2D eigenvalue weighted by atomic mass is 35.5. The molecular weight excluding hydrogens is 479 g/mol. The van der Waals surface area contributed by atoms with E-state index in [2.05, 4.69) is 11.4 Å². The van der Waals surface area contributed by atoms with E-state index in [4.69, 9.17) is 27.9 Å². The van der Waals surface area contributed by atoms with Crippen molar-refractivity contribution in [1.29, 1.82) is 0 Å². The molecule has 0 aromatic heterocycles. The van der Waals surface area contributed by atoms with Crippen LogP contribution in [-0.4, -0.2) is 30.3 Å². The zero-order valence-electron chi connectivity index (χ0n) is 18.1. The Labute approximate surface area is 205 Å². The molecule has 174 valence electrons. The van der Waals surface area contributed by atoms with Crippen molar-refractivity contribution < 1.29 is 23.9 Å². The van der Waals surface area contributed by atoms with Gasteiger partial charge in [-0.1, -0.05) is 47.0 Å². The number of allylic oxidation sites excluding steroid dienone is 2. The highest BCUT2D eigenvalue weighted by Crippen LogP contribution is 2.55. The van der Waals surface area contributed by atoms with Crippen LogP contribution in [-0.2, 0) is 19.1 Å². The second kappa shape index (κ2) is 8.56. The number of carbonyl (C=O) groups excluding carboxylic acids is 4. The largest absolute Gasteiger partial charge is 0.452 e. The first-order valence-electron chi connectivity index (χ1n) is 10.8. The first-order chi connectivity index (χ1) is 16.3. The third kappa shape index (κ3) is 3.69. The van der Waals surface area contributed by atoms with E-state index in [1.54, 1.807) is 30.3 Å². The van der Waals surface area contributed by atoms with Gasteiger partial charge in [-0.25, -0.2) is 9.69 Å². The molecule has 1 saturated heterocycles. The summed E-state index contributed by atoms with van der Waals surface area (Å²) < 4.78 is 5.11. The van der Waals surface area contributed by atoms with E-state index in [9.17, 15) is 19.2 Å². The Bertz CT molecular complexity index is 1270. The van der Waals surface area contributed by atoms with Gasteiger partial charge in [0.25, 0.3) is 5.91 Å². The quantitative estimate of drug-likeness (QED) is 0.372. The maximum Gasteiger partial charge on any atom is 0.338 e. The molecule has 1 N–H and O–H groups in total. The van der Waals surface area contributed by atoms with E-state index in [0.717, 1.165) is 6.42 Å². The maximum absolute atomic E-state index is 13.1. The average Bonchev–Trinajstić information content (AvgIpc) is 3.45. The van der Waals surface area contributed by atoms with Crippen LogP contribution in [0.4, 0.5) is 11.4 Å². The van der Waals surface area contributed by atoms with E-state index in [0.29, 0.717) is 11.4 Å². The minimum Gasteiger partial charge on any atom is -0.452 e. The lowest BCUT2D eigenvalue weighted by atomic mass is 9.82. The second-order valence-corrected chi connectivity index (χ2v) is 9.54. The number of ether oxygens (including phenoxy) is 1. The molecule has 4 atom stereocenters. The third-order valence-corrected chi connectivity index (χ3v) is 7.60. The first kappa shape index (κ1) is 22.6. The van der Waals surface area contributed by atoms with Crippen molar-refractivity contribution in [3.63, 3.8) is 0 Å². The third-order valence-electron chi connectivity index (χ3n) is 6.78. The van der Waals surface area contributed by atoms with Crippen LogP contribution in [0.1, 0.15) is 23.7 Å². The Morgan fingerprint density at radius 3 is 2.62 bits per heavy atom. The van der Waals surface area contributed by atoms with Crippen LogP contribution in [0.3, 0.4) is 0 Å². The molecule has 34 heavy (non-hydrogen) atoms. The Hall–Kier alpha value is -3.16. The predicted molar refractivity (Wildman–Crippen MR) is 127 cm³/mol. The number of nitrogens with zero attached hydrogens (tertiary/aromatic N) is 1. The summed E-state index contributed by atoms with van der Waals surface area (Å²) in [5.74, 6) is -2.27. The van der Waals surface area contributed by atoms with Gasteiger partial charge in [0.15, 0.2) is 6.61 Å². The maximum atomic E-state index is 13.1. The Kier molecular flexibility index (Phi) is 5.70.